The lowest BCUT2D eigenvalue weighted by atomic mass is 10.1. The van der Waals surface area contributed by atoms with Crippen molar-refractivity contribution in [2.24, 2.45) is 0 Å². The van der Waals surface area contributed by atoms with E-state index >= 15 is 0 Å². The molecule has 0 aromatic carbocycles. The van der Waals surface area contributed by atoms with Gasteiger partial charge in [-0.2, -0.15) is 0 Å². The van der Waals surface area contributed by atoms with Crippen molar-refractivity contribution in [3.05, 3.63) is 30.0 Å². The molecule has 3 heterocycles. The molecule has 0 unspecified atom stereocenters. The zero-order valence-corrected chi connectivity index (χ0v) is 14.6. The van der Waals surface area contributed by atoms with E-state index in [0.717, 1.165) is 11.8 Å². The minimum atomic E-state index is -3.00. The van der Waals surface area contributed by atoms with Gasteiger partial charge in [0.2, 0.25) is 11.8 Å². The van der Waals surface area contributed by atoms with Gasteiger partial charge in [-0.15, -0.1) is 10.2 Å². The Morgan fingerprint density at radius 3 is 3.00 bits per heavy atom. The lowest BCUT2D eigenvalue weighted by molar-refractivity contribution is -0.119. The van der Waals surface area contributed by atoms with Crippen molar-refractivity contribution in [2.45, 2.75) is 30.5 Å². The van der Waals surface area contributed by atoms with Crippen molar-refractivity contribution in [3.63, 3.8) is 0 Å². The highest BCUT2D eigenvalue weighted by Crippen LogP contribution is 2.29. The second kappa shape index (κ2) is 6.98. The van der Waals surface area contributed by atoms with E-state index in [1.807, 2.05) is 6.92 Å². The summed E-state index contributed by atoms with van der Waals surface area (Å²) in [5.74, 6) is 0.877. The van der Waals surface area contributed by atoms with E-state index in [4.69, 9.17) is 8.83 Å². The van der Waals surface area contributed by atoms with Gasteiger partial charge in [0.15, 0.2) is 9.84 Å². The number of hydrogen-bond acceptors (Lipinski definition) is 8. The van der Waals surface area contributed by atoms with Crippen molar-refractivity contribution in [1.82, 2.24) is 15.5 Å². The molecule has 0 radical (unpaired) electrons. The highest BCUT2D eigenvalue weighted by atomic mass is 32.2. The molecule has 0 spiro atoms. The van der Waals surface area contributed by atoms with Crippen molar-refractivity contribution < 1.29 is 22.0 Å². The molecule has 2 aromatic heterocycles. The van der Waals surface area contributed by atoms with E-state index in [-0.39, 0.29) is 40.3 Å². The first-order chi connectivity index (χ1) is 11.4. The number of amides is 1. The van der Waals surface area contributed by atoms with Gasteiger partial charge < -0.3 is 14.2 Å². The van der Waals surface area contributed by atoms with Crippen molar-refractivity contribution >= 4 is 27.5 Å². The number of hydrogen-bond donors (Lipinski definition) is 1. The van der Waals surface area contributed by atoms with Crippen molar-refractivity contribution in [1.29, 1.82) is 0 Å². The Morgan fingerprint density at radius 1 is 1.50 bits per heavy atom. The Hall–Kier alpha value is -1.81. The molecule has 1 aliphatic heterocycles. The summed E-state index contributed by atoms with van der Waals surface area (Å²) in [7, 11) is -3.00. The molecule has 0 bridgehead atoms. The van der Waals surface area contributed by atoms with Crippen molar-refractivity contribution in [2.75, 3.05) is 17.3 Å². The molecule has 2 aromatic rings. The summed E-state index contributed by atoms with van der Waals surface area (Å²) in [6.45, 7) is 1.83. The van der Waals surface area contributed by atoms with Gasteiger partial charge in [0.05, 0.1) is 35.5 Å². The highest BCUT2D eigenvalue weighted by molar-refractivity contribution is 7.99. The normalized spacial score (nSPS) is 20.8. The maximum Gasteiger partial charge on any atom is 0.277 e. The number of carbonyl (C=O) groups is 1. The summed E-state index contributed by atoms with van der Waals surface area (Å²) in [6.07, 6.45) is 2.05. The Labute approximate surface area is 143 Å². The lowest BCUT2D eigenvalue weighted by Gasteiger charge is -2.10. The topological polar surface area (TPSA) is 115 Å². The summed E-state index contributed by atoms with van der Waals surface area (Å²) in [5.41, 5.74) is 0. The number of carbonyl (C=O) groups excluding carboxylic acids is 1. The molecule has 0 aliphatic carbocycles. The predicted molar refractivity (Wildman–Crippen MR) is 86.3 cm³/mol. The van der Waals surface area contributed by atoms with Crippen LogP contribution in [0.3, 0.4) is 0 Å². The minimum absolute atomic E-state index is 0.0421. The fourth-order valence-corrected chi connectivity index (χ4v) is 4.77. The standard InChI is InChI=1S/C14H17N3O5S2/c1-9(11-3-2-5-21-11)15-12(18)7-23-14-17-16-13(22-14)10-4-6-24(19,20)8-10/h2-3,5,9-10H,4,6-8H2,1H3,(H,15,18)/t9-,10-/m0/s1. The number of thioether (sulfide) groups is 1. The highest BCUT2D eigenvalue weighted by Gasteiger charge is 2.32. The summed E-state index contributed by atoms with van der Waals surface area (Å²) in [6, 6.07) is 3.32. The largest absolute Gasteiger partial charge is 0.467 e. The monoisotopic (exact) mass is 371 g/mol. The van der Waals surface area contributed by atoms with E-state index in [9.17, 15) is 13.2 Å². The van der Waals surface area contributed by atoms with Crippen molar-refractivity contribution in [3.8, 4) is 0 Å². The fraction of sp³-hybridized carbons (Fsp3) is 0.500. The first kappa shape index (κ1) is 17.0. The smallest absolute Gasteiger partial charge is 0.277 e. The molecule has 10 heteroatoms. The zero-order valence-electron chi connectivity index (χ0n) is 13.0. The second-order valence-electron chi connectivity index (χ2n) is 5.60. The molecule has 0 saturated carbocycles. The van der Waals surface area contributed by atoms with Gasteiger partial charge in [0.25, 0.3) is 5.22 Å². The first-order valence-electron chi connectivity index (χ1n) is 7.42. The van der Waals surface area contributed by atoms with Crippen LogP contribution in [0.25, 0.3) is 0 Å². The minimum Gasteiger partial charge on any atom is -0.467 e. The molecule has 2 atom stereocenters. The first-order valence-corrected chi connectivity index (χ1v) is 10.2. The molecular formula is C14H17N3O5S2. The molecule has 3 rings (SSSR count). The van der Waals surface area contributed by atoms with Crippen LogP contribution in [-0.2, 0) is 14.6 Å². The maximum absolute atomic E-state index is 11.9. The van der Waals surface area contributed by atoms with Crippen LogP contribution in [-0.4, -0.2) is 41.8 Å². The Bertz CT molecular complexity index is 800. The maximum atomic E-state index is 11.9. The van der Waals surface area contributed by atoms with E-state index in [1.54, 1.807) is 18.4 Å². The molecule has 1 N–H and O–H groups in total. The SMILES string of the molecule is C[C@H](NC(=O)CSc1nnc([C@H]2CCS(=O)(=O)C2)o1)c1ccco1. The Kier molecular flexibility index (Phi) is 4.95. The van der Waals surface area contributed by atoms with Crippen LogP contribution in [0.5, 0.6) is 0 Å². The van der Waals surface area contributed by atoms with Gasteiger partial charge in [-0.3, -0.25) is 4.79 Å². The fourth-order valence-electron chi connectivity index (χ4n) is 2.45. The average molecular weight is 371 g/mol. The van der Waals surface area contributed by atoms with Crippen LogP contribution in [0.4, 0.5) is 0 Å². The second-order valence-corrected chi connectivity index (χ2v) is 8.75. The van der Waals surface area contributed by atoms with Crippen LogP contribution >= 0.6 is 11.8 Å². The van der Waals surface area contributed by atoms with Gasteiger partial charge in [0.1, 0.15) is 5.76 Å². The zero-order chi connectivity index (χ0) is 17.2. The molecule has 24 heavy (non-hydrogen) atoms. The van der Waals surface area contributed by atoms with Gasteiger partial charge in [0, 0.05) is 0 Å². The molecule has 8 nitrogen and oxygen atoms in total. The Morgan fingerprint density at radius 2 is 2.33 bits per heavy atom. The van der Waals surface area contributed by atoms with Gasteiger partial charge >= 0.3 is 0 Å². The van der Waals surface area contributed by atoms with Gasteiger partial charge in [-0.05, 0) is 25.5 Å². The quantitative estimate of drug-likeness (QED) is 0.760. The molecule has 130 valence electrons. The van der Waals surface area contributed by atoms with Crippen LogP contribution in [0.1, 0.15) is 37.0 Å². The third-order valence-corrected chi connectivity index (χ3v) is 6.26. The average Bonchev–Trinajstić information content (AvgIpc) is 3.25. The summed E-state index contributed by atoms with van der Waals surface area (Å²) >= 11 is 1.11. The van der Waals surface area contributed by atoms with E-state index in [2.05, 4.69) is 15.5 Å². The summed E-state index contributed by atoms with van der Waals surface area (Å²) < 4.78 is 33.7. The third-order valence-electron chi connectivity index (χ3n) is 3.68. The van der Waals surface area contributed by atoms with E-state index in [1.165, 1.54) is 0 Å². The molecular weight excluding hydrogens is 354 g/mol. The summed E-state index contributed by atoms with van der Waals surface area (Å²) in [5, 5.41) is 10.8. The molecule has 1 amide bonds. The predicted octanol–water partition coefficient (Wildman–Crippen LogP) is 1.53. The van der Waals surface area contributed by atoms with Crippen LogP contribution in [0.15, 0.2) is 32.5 Å². The van der Waals surface area contributed by atoms with Gasteiger partial charge in [-0.25, -0.2) is 8.42 Å². The van der Waals surface area contributed by atoms with Gasteiger partial charge in [-0.1, -0.05) is 11.8 Å². The number of sulfone groups is 1. The Balaban J connectivity index is 1.49. The molecule has 1 fully saturated rings. The lowest BCUT2D eigenvalue weighted by Crippen LogP contribution is -2.27. The third kappa shape index (κ3) is 4.18. The van der Waals surface area contributed by atoms with E-state index in [0.29, 0.717) is 18.1 Å². The van der Waals surface area contributed by atoms with E-state index < -0.39 is 9.84 Å². The van der Waals surface area contributed by atoms with Crippen LogP contribution < -0.4 is 5.32 Å². The number of aromatic nitrogens is 2. The van der Waals surface area contributed by atoms with Crippen LogP contribution in [0.2, 0.25) is 0 Å². The number of furan rings is 1. The number of rotatable bonds is 6. The summed E-state index contributed by atoms with van der Waals surface area (Å²) in [4.78, 5) is 11.9. The molecule has 1 aliphatic rings. The number of nitrogens with zero attached hydrogens (tertiary/aromatic N) is 2. The number of nitrogens with one attached hydrogen (secondary N) is 1. The molecule has 1 saturated heterocycles. The van der Waals surface area contributed by atoms with Crippen LogP contribution in [0, 0.1) is 0 Å².